The standard InChI is InChI=1S/C23H39N5.HI/c1-3-14-27-17-11-22(12-18-27)26-23(24-4-2)25-13-7-15-28-16-10-20-8-5-6-9-21(20)19-28;/h5-6,8-9,22H,3-4,7,10-19H2,1-2H3,(H2,24,25,26);1H. The van der Waals surface area contributed by atoms with Gasteiger partial charge in [0.15, 0.2) is 5.96 Å². The molecule has 0 unspecified atom stereocenters. The number of likely N-dealkylation sites (tertiary alicyclic amines) is 1. The zero-order valence-corrected chi connectivity index (χ0v) is 20.7. The first kappa shape index (κ1) is 24.4. The maximum absolute atomic E-state index is 4.85. The lowest BCUT2D eigenvalue weighted by Gasteiger charge is -2.32. The van der Waals surface area contributed by atoms with Gasteiger partial charge in [0.05, 0.1) is 0 Å². The highest BCUT2D eigenvalue weighted by Gasteiger charge is 2.19. The maximum Gasteiger partial charge on any atom is 0.191 e. The number of piperidine rings is 1. The summed E-state index contributed by atoms with van der Waals surface area (Å²) in [4.78, 5) is 10.00. The number of aliphatic imine (C=N–C) groups is 1. The largest absolute Gasteiger partial charge is 0.357 e. The second kappa shape index (κ2) is 13.4. The number of hydrogen-bond acceptors (Lipinski definition) is 3. The number of benzene rings is 1. The number of fused-ring (bicyclic) bond motifs is 1. The Bertz CT molecular complexity index is 613. The van der Waals surface area contributed by atoms with E-state index in [-0.39, 0.29) is 24.0 Å². The lowest BCUT2D eigenvalue weighted by atomic mass is 10.00. The number of nitrogens with zero attached hydrogens (tertiary/aromatic N) is 3. The molecule has 164 valence electrons. The van der Waals surface area contributed by atoms with E-state index in [1.807, 2.05) is 0 Å². The fraction of sp³-hybridized carbons (Fsp3) is 0.696. The average Bonchev–Trinajstić information content (AvgIpc) is 2.73. The van der Waals surface area contributed by atoms with E-state index < -0.39 is 0 Å². The molecule has 2 heterocycles. The highest BCUT2D eigenvalue weighted by Crippen LogP contribution is 2.18. The summed E-state index contributed by atoms with van der Waals surface area (Å²) in [5, 5.41) is 7.10. The molecule has 0 spiro atoms. The van der Waals surface area contributed by atoms with Crippen molar-refractivity contribution < 1.29 is 0 Å². The van der Waals surface area contributed by atoms with Crippen molar-refractivity contribution in [3.63, 3.8) is 0 Å². The van der Waals surface area contributed by atoms with E-state index in [0.29, 0.717) is 6.04 Å². The van der Waals surface area contributed by atoms with E-state index in [2.05, 4.69) is 58.5 Å². The number of halogens is 1. The number of nitrogens with one attached hydrogen (secondary N) is 2. The third-order valence-corrected chi connectivity index (χ3v) is 5.92. The van der Waals surface area contributed by atoms with Gasteiger partial charge in [0, 0.05) is 51.9 Å². The minimum Gasteiger partial charge on any atom is -0.357 e. The van der Waals surface area contributed by atoms with Gasteiger partial charge < -0.3 is 15.5 Å². The fourth-order valence-corrected chi connectivity index (χ4v) is 4.36. The lowest BCUT2D eigenvalue weighted by Crippen LogP contribution is -2.48. The van der Waals surface area contributed by atoms with Crippen LogP contribution in [-0.2, 0) is 13.0 Å². The second-order valence-electron chi connectivity index (χ2n) is 8.17. The Morgan fingerprint density at radius 3 is 2.52 bits per heavy atom. The molecule has 0 saturated carbocycles. The van der Waals surface area contributed by atoms with Gasteiger partial charge in [0.2, 0.25) is 0 Å². The van der Waals surface area contributed by atoms with E-state index in [1.54, 1.807) is 0 Å². The van der Waals surface area contributed by atoms with Gasteiger partial charge in [-0.2, -0.15) is 0 Å². The van der Waals surface area contributed by atoms with Crippen LogP contribution in [0.25, 0.3) is 0 Å². The molecule has 2 aliphatic heterocycles. The van der Waals surface area contributed by atoms with Crippen LogP contribution < -0.4 is 10.6 Å². The van der Waals surface area contributed by atoms with Gasteiger partial charge in [-0.3, -0.25) is 9.89 Å². The smallest absolute Gasteiger partial charge is 0.191 e. The summed E-state index contributed by atoms with van der Waals surface area (Å²) in [7, 11) is 0. The van der Waals surface area contributed by atoms with Crippen molar-refractivity contribution in [3.05, 3.63) is 35.4 Å². The van der Waals surface area contributed by atoms with Gasteiger partial charge in [-0.15, -0.1) is 24.0 Å². The number of guanidine groups is 1. The van der Waals surface area contributed by atoms with Crippen molar-refractivity contribution in [3.8, 4) is 0 Å². The fourth-order valence-electron chi connectivity index (χ4n) is 4.36. The predicted molar refractivity (Wildman–Crippen MR) is 134 cm³/mol. The molecular formula is C23H40IN5. The first-order chi connectivity index (χ1) is 13.8. The van der Waals surface area contributed by atoms with Crippen molar-refractivity contribution in [2.24, 2.45) is 4.99 Å². The van der Waals surface area contributed by atoms with Gasteiger partial charge in [-0.1, -0.05) is 31.2 Å². The molecule has 1 saturated heterocycles. The SMILES string of the molecule is CCCN1CCC(NC(=NCCCN2CCc3ccccc3C2)NCC)CC1.I. The highest BCUT2D eigenvalue weighted by atomic mass is 127. The average molecular weight is 514 g/mol. The van der Waals surface area contributed by atoms with E-state index in [9.17, 15) is 0 Å². The zero-order chi connectivity index (χ0) is 19.6. The van der Waals surface area contributed by atoms with Gasteiger partial charge in [-0.25, -0.2) is 0 Å². The molecule has 1 fully saturated rings. The van der Waals surface area contributed by atoms with Crippen LogP contribution in [0.15, 0.2) is 29.3 Å². The van der Waals surface area contributed by atoms with Crippen LogP contribution in [0.4, 0.5) is 0 Å². The molecule has 0 aromatic heterocycles. The lowest BCUT2D eigenvalue weighted by molar-refractivity contribution is 0.206. The van der Waals surface area contributed by atoms with Crippen LogP contribution >= 0.6 is 24.0 Å². The van der Waals surface area contributed by atoms with Crippen LogP contribution in [0.1, 0.15) is 50.7 Å². The quantitative estimate of drug-likeness (QED) is 0.242. The summed E-state index contributed by atoms with van der Waals surface area (Å²) in [6, 6.07) is 9.43. The maximum atomic E-state index is 4.85. The molecule has 2 aliphatic rings. The Morgan fingerprint density at radius 1 is 1.03 bits per heavy atom. The van der Waals surface area contributed by atoms with Gasteiger partial charge in [-0.05, 0) is 56.7 Å². The molecule has 29 heavy (non-hydrogen) atoms. The predicted octanol–water partition coefficient (Wildman–Crippen LogP) is 3.48. The summed E-state index contributed by atoms with van der Waals surface area (Å²) in [5.41, 5.74) is 3.03. The molecule has 5 nitrogen and oxygen atoms in total. The molecule has 0 amide bonds. The summed E-state index contributed by atoms with van der Waals surface area (Å²) in [5.74, 6) is 1.00. The minimum atomic E-state index is 0. The third kappa shape index (κ3) is 8.06. The zero-order valence-electron chi connectivity index (χ0n) is 18.3. The first-order valence-corrected chi connectivity index (χ1v) is 11.3. The minimum absolute atomic E-state index is 0. The molecule has 6 heteroatoms. The van der Waals surface area contributed by atoms with Crippen molar-refractivity contribution in [2.75, 3.05) is 45.8 Å². The van der Waals surface area contributed by atoms with Gasteiger partial charge >= 0.3 is 0 Å². The Balaban J connectivity index is 0.00000300. The molecule has 0 aliphatic carbocycles. The molecule has 2 N–H and O–H groups in total. The highest BCUT2D eigenvalue weighted by molar-refractivity contribution is 14.0. The Morgan fingerprint density at radius 2 is 1.79 bits per heavy atom. The van der Waals surface area contributed by atoms with E-state index in [1.165, 1.54) is 63.0 Å². The Kier molecular flexibility index (Phi) is 11.3. The molecular weight excluding hydrogens is 473 g/mol. The van der Waals surface area contributed by atoms with Crippen LogP contribution in [-0.4, -0.2) is 67.6 Å². The molecule has 0 atom stereocenters. The second-order valence-corrected chi connectivity index (χ2v) is 8.17. The van der Waals surface area contributed by atoms with E-state index >= 15 is 0 Å². The topological polar surface area (TPSA) is 42.9 Å². The molecule has 3 rings (SSSR count). The Labute approximate surface area is 194 Å². The van der Waals surface area contributed by atoms with Crippen molar-refractivity contribution in [1.82, 2.24) is 20.4 Å². The van der Waals surface area contributed by atoms with E-state index in [4.69, 9.17) is 4.99 Å². The summed E-state index contributed by atoms with van der Waals surface area (Å²) in [6.07, 6.45) is 5.99. The van der Waals surface area contributed by atoms with Crippen molar-refractivity contribution in [1.29, 1.82) is 0 Å². The molecule has 0 radical (unpaired) electrons. The number of hydrogen-bond donors (Lipinski definition) is 2. The summed E-state index contributed by atoms with van der Waals surface area (Å²) < 4.78 is 0. The van der Waals surface area contributed by atoms with Crippen molar-refractivity contribution in [2.45, 2.75) is 58.5 Å². The molecule has 1 aromatic rings. The number of rotatable bonds is 8. The molecule has 0 bridgehead atoms. The van der Waals surface area contributed by atoms with Gasteiger partial charge in [0.1, 0.15) is 0 Å². The molecule has 1 aromatic carbocycles. The van der Waals surface area contributed by atoms with Crippen LogP contribution in [0.5, 0.6) is 0 Å². The summed E-state index contributed by atoms with van der Waals surface area (Å²) >= 11 is 0. The third-order valence-electron chi connectivity index (χ3n) is 5.92. The van der Waals surface area contributed by atoms with Crippen LogP contribution in [0.3, 0.4) is 0 Å². The normalized spacial score (nSPS) is 18.8. The van der Waals surface area contributed by atoms with E-state index in [0.717, 1.165) is 38.6 Å². The first-order valence-electron chi connectivity index (χ1n) is 11.3. The van der Waals surface area contributed by atoms with Crippen LogP contribution in [0, 0.1) is 0 Å². The van der Waals surface area contributed by atoms with Gasteiger partial charge in [0.25, 0.3) is 0 Å². The Hall–Kier alpha value is -0.860. The van der Waals surface area contributed by atoms with Crippen molar-refractivity contribution >= 4 is 29.9 Å². The van der Waals surface area contributed by atoms with Crippen LogP contribution in [0.2, 0.25) is 0 Å². The summed E-state index contributed by atoms with van der Waals surface area (Å²) in [6.45, 7) is 13.3. The monoisotopic (exact) mass is 513 g/mol.